The first kappa shape index (κ1) is 13.5. The molecular weight excluding hydrogens is 248 g/mol. The summed E-state index contributed by atoms with van der Waals surface area (Å²) < 4.78 is 33.3. The fourth-order valence-corrected chi connectivity index (χ4v) is 3.81. The van der Waals surface area contributed by atoms with Crippen LogP contribution >= 0.6 is 12.4 Å². The van der Waals surface area contributed by atoms with Crippen molar-refractivity contribution in [1.29, 1.82) is 0 Å². The Balaban J connectivity index is 0.00000108. The van der Waals surface area contributed by atoms with Crippen molar-refractivity contribution >= 4 is 12.4 Å². The molecule has 0 amide bonds. The first-order chi connectivity index (χ1) is 7.68. The van der Waals surface area contributed by atoms with Gasteiger partial charge in [0.1, 0.15) is 0 Å². The number of hydrogen-bond acceptors (Lipinski definition) is 2. The molecule has 2 heterocycles. The molecule has 2 atom stereocenters. The highest BCUT2D eigenvalue weighted by molar-refractivity contribution is 5.85. The predicted molar refractivity (Wildman–Crippen MR) is 63.8 cm³/mol. The summed E-state index contributed by atoms with van der Waals surface area (Å²) in [6, 6.07) is 0. The van der Waals surface area contributed by atoms with E-state index in [9.17, 15) is 8.78 Å². The lowest BCUT2D eigenvalue weighted by Crippen LogP contribution is -2.35. The van der Waals surface area contributed by atoms with Crippen LogP contribution in [0.5, 0.6) is 0 Å². The van der Waals surface area contributed by atoms with Gasteiger partial charge in [-0.15, -0.1) is 12.4 Å². The molecule has 17 heavy (non-hydrogen) atoms. The van der Waals surface area contributed by atoms with Crippen molar-refractivity contribution in [3.63, 3.8) is 0 Å². The molecule has 2 unspecified atom stereocenters. The van der Waals surface area contributed by atoms with Gasteiger partial charge < -0.3 is 10.1 Å². The molecule has 2 aliphatic heterocycles. The molecule has 3 aliphatic rings. The van der Waals surface area contributed by atoms with E-state index >= 15 is 0 Å². The zero-order chi connectivity index (χ0) is 11.2. The lowest BCUT2D eigenvalue weighted by molar-refractivity contribution is 0.0244. The van der Waals surface area contributed by atoms with E-state index in [1.54, 1.807) is 0 Å². The highest BCUT2D eigenvalue weighted by Crippen LogP contribution is 2.72. The second kappa shape index (κ2) is 4.63. The summed E-state index contributed by atoms with van der Waals surface area (Å²) in [5, 5.41) is 3.15. The van der Waals surface area contributed by atoms with Gasteiger partial charge in [-0.1, -0.05) is 0 Å². The SMILES string of the molecule is Cl.FC1(F)C(C2CCOCC2)C12CCCNC2. The Morgan fingerprint density at radius 1 is 1.18 bits per heavy atom. The topological polar surface area (TPSA) is 21.3 Å². The Labute approximate surface area is 107 Å². The average Bonchev–Trinajstić information content (AvgIpc) is 2.76. The molecule has 5 heteroatoms. The maximum absolute atomic E-state index is 14.0. The molecule has 0 aromatic rings. The molecule has 100 valence electrons. The summed E-state index contributed by atoms with van der Waals surface area (Å²) in [4.78, 5) is 0. The van der Waals surface area contributed by atoms with E-state index in [1.807, 2.05) is 0 Å². The first-order valence-electron chi connectivity index (χ1n) is 6.35. The van der Waals surface area contributed by atoms with Crippen molar-refractivity contribution in [2.24, 2.45) is 17.3 Å². The number of halogens is 3. The molecule has 2 nitrogen and oxygen atoms in total. The number of hydrogen-bond donors (Lipinski definition) is 1. The zero-order valence-electron chi connectivity index (χ0n) is 9.88. The van der Waals surface area contributed by atoms with Crippen LogP contribution in [-0.2, 0) is 4.74 Å². The number of piperidine rings is 1. The van der Waals surface area contributed by atoms with E-state index in [4.69, 9.17) is 4.74 Å². The van der Waals surface area contributed by atoms with Crippen LogP contribution in [0.3, 0.4) is 0 Å². The lowest BCUT2D eigenvalue weighted by Gasteiger charge is -2.26. The predicted octanol–water partition coefficient (Wildman–Crippen LogP) is 2.47. The van der Waals surface area contributed by atoms with Crippen LogP contribution in [0, 0.1) is 17.3 Å². The van der Waals surface area contributed by atoms with E-state index in [2.05, 4.69) is 5.32 Å². The van der Waals surface area contributed by atoms with Crippen LogP contribution in [0.15, 0.2) is 0 Å². The van der Waals surface area contributed by atoms with E-state index < -0.39 is 11.3 Å². The Hall–Kier alpha value is 0.0700. The van der Waals surface area contributed by atoms with Gasteiger partial charge in [-0.3, -0.25) is 0 Å². The van der Waals surface area contributed by atoms with Gasteiger partial charge >= 0.3 is 0 Å². The summed E-state index contributed by atoms with van der Waals surface area (Å²) in [5.41, 5.74) is -0.701. The van der Waals surface area contributed by atoms with Crippen LogP contribution in [-0.4, -0.2) is 32.2 Å². The third kappa shape index (κ3) is 1.89. The minimum Gasteiger partial charge on any atom is -0.381 e. The van der Waals surface area contributed by atoms with Crippen LogP contribution in [0.1, 0.15) is 25.7 Å². The van der Waals surface area contributed by atoms with Gasteiger partial charge in [0.05, 0.1) is 5.41 Å². The second-order valence-electron chi connectivity index (χ2n) is 5.49. The minimum absolute atomic E-state index is 0. The summed E-state index contributed by atoms with van der Waals surface area (Å²) in [6.45, 7) is 2.75. The van der Waals surface area contributed by atoms with Gasteiger partial charge in [0, 0.05) is 25.7 Å². The van der Waals surface area contributed by atoms with E-state index in [0.717, 1.165) is 25.8 Å². The van der Waals surface area contributed by atoms with Gasteiger partial charge in [0.25, 0.3) is 5.92 Å². The summed E-state index contributed by atoms with van der Waals surface area (Å²) in [5.74, 6) is -2.62. The van der Waals surface area contributed by atoms with Crippen LogP contribution in [0.2, 0.25) is 0 Å². The zero-order valence-corrected chi connectivity index (χ0v) is 10.7. The van der Waals surface area contributed by atoms with Gasteiger partial charge in [0.2, 0.25) is 0 Å². The third-order valence-corrected chi connectivity index (χ3v) is 4.72. The van der Waals surface area contributed by atoms with Crippen LogP contribution in [0.25, 0.3) is 0 Å². The number of alkyl halides is 2. The van der Waals surface area contributed by atoms with Crippen LogP contribution < -0.4 is 5.32 Å². The van der Waals surface area contributed by atoms with Crippen molar-refractivity contribution in [3.8, 4) is 0 Å². The number of rotatable bonds is 1. The standard InChI is InChI=1S/C12H19F2NO.ClH/c13-12(14)10(9-2-6-16-7-3-9)11(12)4-1-5-15-8-11;/h9-10,15H,1-8H2;1H. The van der Waals surface area contributed by atoms with Crippen molar-refractivity contribution in [1.82, 2.24) is 5.32 Å². The quantitative estimate of drug-likeness (QED) is 0.788. The Morgan fingerprint density at radius 2 is 1.88 bits per heavy atom. The fourth-order valence-electron chi connectivity index (χ4n) is 3.81. The summed E-state index contributed by atoms with van der Waals surface area (Å²) >= 11 is 0. The molecule has 1 aliphatic carbocycles. The molecule has 3 fully saturated rings. The molecular formula is C12H20ClF2NO. The monoisotopic (exact) mass is 267 g/mol. The van der Waals surface area contributed by atoms with E-state index in [-0.39, 0.29) is 24.2 Å². The highest BCUT2D eigenvalue weighted by atomic mass is 35.5. The maximum atomic E-state index is 14.0. The fraction of sp³-hybridized carbons (Fsp3) is 1.00. The van der Waals surface area contributed by atoms with Crippen molar-refractivity contribution in [2.75, 3.05) is 26.3 Å². The molecule has 2 saturated heterocycles. The maximum Gasteiger partial charge on any atom is 0.259 e. The largest absolute Gasteiger partial charge is 0.381 e. The van der Waals surface area contributed by atoms with E-state index in [0.29, 0.717) is 26.2 Å². The smallest absolute Gasteiger partial charge is 0.259 e. The molecule has 0 aromatic heterocycles. The molecule has 0 radical (unpaired) electrons. The third-order valence-electron chi connectivity index (χ3n) is 4.72. The molecule has 3 rings (SSSR count). The summed E-state index contributed by atoms with van der Waals surface area (Å²) in [6.07, 6.45) is 3.24. The van der Waals surface area contributed by atoms with Gasteiger partial charge in [-0.05, 0) is 38.1 Å². The molecule has 1 spiro atoms. The van der Waals surface area contributed by atoms with Gasteiger partial charge in [-0.2, -0.15) is 0 Å². The Bertz CT molecular complexity index is 276. The minimum atomic E-state index is -2.43. The van der Waals surface area contributed by atoms with Gasteiger partial charge in [0.15, 0.2) is 0 Å². The van der Waals surface area contributed by atoms with Crippen molar-refractivity contribution < 1.29 is 13.5 Å². The number of nitrogens with one attached hydrogen (secondary N) is 1. The highest BCUT2D eigenvalue weighted by Gasteiger charge is 2.80. The normalized spacial score (nSPS) is 40.9. The second-order valence-corrected chi connectivity index (χ2v) is 5.49. The molecule has 1 saturated carbocycles. The summed E-state index contributed by atoms with van der Waals surface area (Å²) in [7, 11) is 0. The van der Waals surface area contributed by atoms with Crippen LogP contribution in [0.4, 0.5) is 8.78 Å². The van der Waals surface area contributed by atoms with Crippen molar-refractivity contribution in [3.05, 3.63) is 0 Å². The Morgan fingerprint density at radius 3 is 2.47 bits per heavy atom. The van der Waals surface area contributed by atoms with Gasteiger partial charge in [-0.25, -0.2) is 8.78 Å². The molecule has 1 N–H and O–H groups in total. The van der Waals surface area contributed by atoms with Crippen molar-refractivity contribution in [2.45, 2.75) is 31.6 Å². The lowest BCUT2D eigenvalue weighted by atomic mass is 9.85. The van der Waals surface area contributed by atoms with E-state index in [1.165, 1.54) is 0 Å². The first-order valence-corrected chi connectivity index (χ1v) is 6.35. The number of ether oxygens (including phenoxy) is 1. The molecule has 0 bridgehead atoms. The Kier molecular flexibility index (Phi) is 3.68. The molecule has 0 aromatic carbocycles. The average molecular weight is 268 g/mol.